The molecule has 120 valence electrons. The van der Waals surface area contributed by atoms with Crippen LogP contribution in [-0.4, -0.2) is 26.7 Å². The Balaban J connectivity index is 1.60. The minimum Gasteiger partial charge on any atom is -0.373 e. The van der Waals surface area contributed by atoms with Crippen molar-refractivity contribution in [1.29, 1.82) is 0 Å². The van der Waals surface area contributed by atoms with Crippen molar-refractivity contribution >= 4 is 15.9 Å². The highest BCUT2D eigenvalue weighted by atomic mass is 32.2. The van der Waals surface area contributed by atoms with Gasteiger partial charge in [0, 0.05) is 0 Å². The highest BCUT2D eigenvalue weighted by molar-refractivity contribution is 7.90. The minimum absolute atomic E-state index is 0.0426. The number of sulfonamides is 1. The Bertz CT molecular complexity index is 652. The van der Waals surface area contributed by atoms with E-state index in [1.54, 1.807) is 0 Å². The maximum atomic E-state index is 12.1. The zero-order valence-corrected chi connectivity index (χ0v) is 13.3. The molecule has 0 spiro atoms. The van der Waals surface area contributed by atoms with Gasteiger partial charge in [0.15, 0.2) is 0 Å². The largest absolute Gasteiger partial charge is 0.373 e. The topological polar surface area (TPSA) is 72.5 Å². The number of carbonyl (C=O) groups excluding carboxylic acids is 1. The molecule has 1 heterocycles. The smallest absolute Gasteiger partial charge is 0.236 e. The molecule has 1 aromatic rings. The van der Waals surface area contributed by atoms with Crippen LogP contribution in [0.4, 0.5) is 0 Å². The van der Waals surface area contributed by atoms with Crippen molar-refractivity contribution in [2.75, 3.05) is 12.4 Å². The van der Waals surface area contributed by atoms with Gasteiger partial charge in [0.25, 0.3) is 0 Å². The zero-order valence-electron chi connectivity index (χ0n) is 12.5. The zero-order chi connectivity index (χ0) is 15.6. The van der Waals surface area contributed by atoms with E-state index in [1.165, 1.54) is 5.56 Å². The van der Waals surface area contributed by atoms with Gasteiger partial charge in [-0.1, -0.05) is 30.7 Å². The average Bonchev–Trinajstić information content (AvgIpc) is 2.43. The molecule has 1 atom stereocenters. The van der Waals surface area contributed by atoms with Crippen LogP contribution in [0.25, 0.3) is 0 Å². The molecular formula is C16H21NO4S. The maximum absolute atomic E-state index is 12.1. The Morgan fingerprint density at radius 2 is 2.05 bits per heavy atom. The van der Waals surface area contributed by atoms with Crippen molar-refractivity contribution in [2.24, 2.45) is 5.92 Å². The Morgan fingerprint density at radius 3 is 2.77 bits per heavy atom. The summed E-state index contributed by atoms with van der Waals surface area (Å²) in [6, 6.07) is 7.83. The van der Waals surface area contributed by atoms with Crippen molar-refractivity contribution in [3.05, 3.63) is 35.4 Å². The van der Waals surface area contributed by atoms with Crippen LogP contribution in [0.5, 0.6) is 0 Å². The molecule has 1 N–H and O–H groups in total. The molecule has 0 saturated heterocycles. The van der Waals surface area contributed by atoms with Crippen LogP contribution in [-0.2, 0) is 26.0 Å². The molecule has 5 nitrogen and oxygen atoms in total. The van der Waals surface area contributed by atoms with E-state index in [1.807, 2.05) is 24.3 Å². The predicted molar refractivity (Wildman–Crippen MR) is 82.7 cm³/mol. The first-order valence-corrected chi connectivity index (χ1v) is 9.41. The number of hydrogen-bond acceptors (Lipinski definition) is 4. The number of nitrogens with one attached hydrogen (secondary N) is 1. The summed E-state index contributed by atoms with van der Waals surface area (Å²) in [6.07, 6.45) is 3.47. The first-order valence-electron chi connectivity index (χ1n) is 7.76. The number of ether oxygens (including phenoxy) is 1. The average molecular weight is 323 g/mol. The molecule has 1 saturated carbocycles. The lowest BCUT2D eigenvalue weighted by atomic mass is 9.87. The molecule has 6 heteroatoms. The monoisotopic (exact) mass is 323 g/mol. The first kappa shape index (κ1) is 15.5. The first-order chi connectivity index (χ1) is 10.5. The summed E-state index contributed by atoms with van der Waals surface area (Å²) in [5.74, 6) is -0.223. The highest BCUT2D eigenvalue weighted by Crippen LogP contribution is 2.30. The van der Waals surface area contributed by atoms with Gasteiger partial charge in [0.05, 0.1) is 24.9 Å². The summed E-state index contributed by atoms with van der Waals surface area (Å²) in [5, 5.41) is 0. The number of fused-ring (bicyclic) bond motifs is 1. The predicted octanol–water partition coefficient (Wildman–Crippen LogP) is 1.94. The second-order valence-corrected chi connectivity index (χ2v) is 7.88. The van der Waals surface area contributed by atoms with Crippen molar-refractivity contribution in [3.63, 3.8) is 0 Å². The molecule has 22 heavy (non-hydrogen) atoms. The van der Waals surface area contributed by atoms with Crippen LogP contribution in [0.15, 0.2) is 24.3 Å². The Labute approximate surface area is 131 Å². The van der Waals surface area contributed by atoms with E-state index in [9.17, 15) is 13.2 Å². The van der Waals surface area contributed by atoms with E-state index < -0.39 is 15.9 Å². The Kier molecular flexibility index (Phi) is 4.49. The van der Waals surface area contributed by atoms with E-state index in [2.05, 4.69) is 4.72 Å². The summed E-state index contributed by atoms with van der Waals surface area (Å²) in [6.45, 7) is 0.559. The number of carbonyl (C=O) groups is 1. The van der Waals surface area contributed by atoms with Gasteiger partial charge < -0.3 is 4.74 Å². The van der Waals surface area contributed by atoms with Gasteiger partial charge >= 0.3 is 0 Å². The molecule has 1 fully saturated rings. The lowest BCUT2D eigenvalue weighted by Gasteiger charge is -2.26. The fourth-order valence-corrected chi connectivity index (χ4v) is 4.51. The molecule has 0 bridgehead atoms. The third-order valence-corrected chi connectivity index (χ3v) is 5.86. The third kappa shape index (κ3) is 3.67. The number of benzene rings is 1. The molecule has 1 aliphatic carbocycles. The number of hydrogen-bond donors (Lipinski definition) is 1. The molecule has 3 rings (SSSR count). The standard InChI is InChI=1S/C16H21NO4S/c18-16(17-22(19,20)11-12-4-3-5-12)10-15-14-7-2-1-6-13(14)8-9-21-15/h1-2,6-7,12,15H,3-5,8-11H2,(H,17,18). The van der Waals surface area contributed by atoms with Crippen LogP contribution in [0.3, 0.4) is 0 Å². The van der Waals surface area contributed by atoms with Gasteiger partial charge in [-0.2, -0.15) is 0 Å². The van der Waals surface area contributed by atoms with E-state index in [-0.39, 0.29) is 24.2 Å². The van der Waals surface area contributed by atoms with E-state index >= 15 is 0 Å². The van der Waals surface area contributed by atoms with Crippen LogP contribution >= 0.6 is 0 Å². The van der Waals surface area contributed by atoms with Gasteiger partial charge in [-0.25, -0.2) is 8.42 Å². The van der Waals surface area contributed by atoms with Crippen molar-refractivity contribution in [3.8, 4) is 0 Å². The Hall–Kier alpha value is -1.40. The fourth-order valence-electron chi connectivity index (χ4n) is 3.04. The van der Waals surface area contributed by atoms with Gasteiger partial charge in [0.2, 0.25) is 15.9 Å². The molecule has 0 radical (unpaired) electrons. The van der Waals surface area contributed by atoms with Gasteiger partial charge in [-0.15, -0.1) is 0 Å². The van der Waals surface area contributed by atoms with E-state index in [4.69, 9.17) is 4.74 Å². The molecule has 1 aliphatic heterocycles. The maximum Gasteiger partial charge on any atom is 0.236 e. The van der Waals surface area contributed by atoms with E-state index in [0.717, 1.165) is 31.2 Å². The molecule has 0 aromatic heterocycles. The van der Waals surface area contributed by atoms with Gasteiger partial charge in [-0.05, 0) is 36.3 Å². The summed E-state index contributed by atoms with van der Waals surface area (Å²) in [7, 11) is -3.52. The van der Waals surface area contributed by atoms with Crippen molar-refractivity contribution < 1.29 is 17.9 Å². The lowest BCUT2D eigenvalue weighted by molar-refractivity contribution is -0.122. The quantitative estimate of drug-likeness (QED) is 0.899. The SMILES string of the molecule is O=C(CC1OCCc2ccccc21)NS(=O)(=O)CC1CCC1. The minimum atomic E-state index is -3.52. The van der Waals surface area contributed by atoms with Crippen LogP contribution in [0.1, 0.15) is 42.9 Å². The summed E-state index contributed by atoms with van der Waals surface area (Å²) < 4.78 is 31.8. The summed E-state index contributed by atoms with van der Waals surface area (Å²) in [4.78, 5) is 12.1. The molecular weight excluding hydrogens is 302 g/mol. The Morgan fingerprint density at radius 1 is 1.27 bits per heavy atom. The van der Waals surface area contributed by atoms with Crippen molar-refractivity contribution in [1.82, 2.24) is 4.72 Å². The molecule has 1 aromatic carbocycles. The third-order valence-electron chi connectivity index (χ3n) is 4.41. The lowest BCUT2D eigenvalue weighted by Crippen LogP contribution is -2.37. The second kappa shape index (κ2) is 6.38. The molecule has 1 unspecified atom stereocenters. The van der Waals surface area contributed by atoms with Crippen LogP contribution in [0, 0.1) is 5.92 Å². The number of amides is 1. The summed E-state index contributed by atoms with van der Waals surface area (Å²) >= 11 is 0. The molecule has 1 amide bonds. The van der Waals surface area contributed by atoms with Crippen molar-refractivity contribution in [2.45, 2.75) is 38.2 Å². The summed E-state index contributed by atoms with van der Waals surface area (Å²) in [5.41, 5.74) is 2.16. The van der Waals surface area contributed by atoms with Gasteiger partial charge in [-0.3, -0.25) is 9.52 Å². The highest BCUT2D eigenvalue weighted by Gasteiger charge is 2.28. The van der Waals surface area contributed by atoms with E-state index in [0.29, 0.717) is 6.61 Å². The van der Waals surface area contributed by atoms with Gasteiger partial charge in [0.1, 0.15) is 0 Å². The normalized spacial score (nSPS) is 21.7. The number of rotatable bonds is 5. The second-order valence-electron chi connectivity index (χ2n) is 6.12. The molecule has 2 aliphatic rings. The fraction of sp³-hybridized carbons (Fsp3) is 0.562. The van der Waals surface area contributed by atoms with Crippen LogP contribution in [0.2, 0.25) is 0 Å². The van der Waals surface area contributed by atoms with Crippen LogP contribution < -0.4 is 4.72 Å².